The minimum absolute atomic E-state index is 0.148. The number of hydrogen-bond donors (Lipinski definition) is 2. The quantitative estimate of drug-likeness (QED) is 0.687. The van der Waals surface area contributed by atoms with Crippen LogP contribution in [0.25, 0.3) is 0 Å². The lowest BCUT2D eigenvalue weighted by Gasteiger charge is -2.29. The largest absolute Gasteiger partial charge is 0.352 e. The number of carbonyl (C=O) groups excluding carboxylic acids is 1. The Kier molecular flexibility index (Phi) is 3.82. The first-order valence-electron chi connectivity index (χ1n) is 8.91. The Balaban J connectivity index is 1.58. The van der Waals surface area contributed by atoms with Crippen molar-refractivity contribution in [2.24, 2.45) is 0 Å². The number of allylic oxidation sites excluding steroid dienone is 1. The summed E-state index contributed by atoms with van der Waals surface area (Å²) in [6.45, 7) is 2.07. The van der Waals surface area contributed by atoms with E-state index in [0.29, 0.717) is 18.1 Å². The number of Topliss-reactive ketones (excluding diaryl/α,β-unsaturated/α-hetero) is 1. The van der Waals surface area contributed by atoms with Crippen LogP contribution in [0.1, 0.15) is 40.8 Å². The van der Waals surface area contributed by atoms with E-state index >= 15 is 0 Å². The van der Waals surface area contributed by atoms with Crippen molar-refractivity contribution in [2.75, 3.05) is 10.6 Å². The van der Waals surface area contributed by atoms with Crippen LogP contribution in [0.3, 0.4) is 0 Å². The van der Waals surface area contributed by atoms with Crippen LogP contribution in [-0.4, -0.2) is 16.1 Å². The zero-order chi connectivity index (χ0) is 18.4. The van der Waals surface area contributed by atoms with Crippen LogP contribution in [0.5, 0.6) is 0 Å². The molecule has 0 amide bonds. The molecular weight excluding hydrogens is 360 g/mol. The molecule has 1 aliphatic heterocycles. The lowest BCUT2D eigenvalue weighted by Crippen LogP contribution is -2.26. The highest BCUT2D eigenvalue weighted by Crippen LogP contribution is 2.44. The number of thiophene rings is 1. The Hall–Kier alpha value is -2.93. The SMILES string of the molecule is Cc1ccc(C2CC(=O)C3=C(C2)Nc2nonc2NC3c2cccs2)cc1. The van der Waals surface area contributed by atoms with Crippen molar-refractivity contribution in [3.8, 4) is 0 Å². The van der Waals surface area contributed by atoms with Crippen LogP contribution in [0.4, 0.5) is 11.6 Å². The van der Waals surface area contributed by atoms with Gasteiger partial charge >= 0.3 is 0 Å². The van der Waals surface area contributed by atoms with Gasteiger partial charge in [0, 0.05) is 22.6 Å². The summed E-state index contributed by atoms with van der Waals surface area (Å²) < 4.78 is 4.89. The van der Waals surface area contributed by atoms with Crippen molar-refractivity contribution in [1.29, 1.82) is 0 Å². The maximum Gasteiger partial charge on any atom is 0.219 e. The van der Waals surface area contributed by atoms with Crippen LogP contribution >= 0.6 is 11.3 Å². The highest BCUT2D eigenvalue weighted by molar-refractivity contribution is 7.10. The van der Waals surface area contributed by atoms with Crippen LogP contribution < -0.4 is 10.6 Å². The molecule has 2 unspecified atom stereocenters. The molecule has 5 rings (SSSR count). The zero-order valence-corrected chi connectivity index (χ0v) is 15.5. The molecule has 6 nitrogen and oxygen atoms in total. The third kappa shape index (κ3) is 2.84. The van der Waals surface area contributed by atoms with Crippen LogP contribution in [-0.2, 0) is 4.79 Å². The normalized spacial score (nSPS) is 21.7. The number of ketones is 1. The third-order valence-corrected chi connectivity index (χ3v) is 6.15. The number of rotatable bonds is 2. The first-order chi connectivity index (χ1) is 13.2. The van der Waals surface area contributed by atoms with E-state index in [9.17, 15) is 4.79 Å². The number of nitrogens with zero attached hydrogens (tertiary/aromatic N) is 2. The van der Waals surface area contributed by atoms with E-state index in [1.54, 1.807) is 11.3 Å². The van der Waals surface area contributed by atoms with E-state index in [2.05, 4.69) is 52.1 Å². The topological polar surface area (TPSA) is 80.1 Å². The summed E-state index contributed by atoms with van der Waals surface area (Å²) in [6, 6.07) is 12.2. The Morgan fingerprint density at radius 3 is 2.70 bits per heavy atom. The molecule has 2 atom stereocenters. The van der Waals surface area contributed by atoms with Crippen molar-refractivity contribution in [1.82, 2.24) is 10.3 Å². The smallest absolute Gasteiger partial charge is 0.219 e. The first kappa shape index (κ1) is 16.3. The molecule has 136 valence electrons. The molecule has 0 fully saturated rings. The Morgan fingerprint density at radius 2 is 1.93 bits per heavy atom. The molecule has 2 N–H and O–H groups in total. The second kappa shape index (κ2) is 6.35. The number of aryl methyl sites for hydroxylation is 1. The summed E-state index contributed by atoms with van der Waals surface area (Å²) in [7, 11) is 0. The Morgan fingerprint density at radius 1 is 1.11 bits per heavy atom. The molecular formula is C20H18N4O2S. The fourth-order valence-corrected chi connectivity index (χ4v) is 4.63. The fraction of sp³-hybridized carbons (Fsp3) is 0.250. The van der Waals surface area contributed by atoms with Gasteiger partial charge in [-0.25, -0.2) is 4.63 Å². The van der Waals surface area contributed by atoms with Gasteiger partial charge in [-0.05, 0) is 46.6 Å². The number of carbonyl (C=O) groups is 1. The van der Waals surface area contributed by atoms with E-state index in [1.165, 1.54) is 11.1 Å². The summed E-state index contributed by atoms with van der Waals surface area (Å²) in [4.78, 5) is 14.3. The summed E-state index contributed by atoms with van der Waals surface area (Å²) in [5.41, 5.74) is 4.08. The fourth-order valence-electron chi connectivity index (χ4n) is 3.84. The number of anilines is 2. The van der Waals surface area contributed by atoms with E-state index in [-0.39, 0.29) is 17.7 Å². The second-order valence-corrected chi connectivity index (χ2v) is 7.99. The van der Waals surface area contributed by atoms with Gasteiger partial charge in [0.25, 0.3) is 0 Å². The predicted octanol–water partition coefficient (Wildman–Crippen LogP) is 4.42. The van der Waals surface area contributed by atoms with Crippen molar-refractivity contribution in [3.63, 3.8) is 0 Å². The lowest BCUT2D eigenvalue weighted by atomic mass is 9.79. The van der Waals surface area contributed by atoms with Crippen molar-refractivity contribution >= 4 is 28.8 Å². The van der Waals surface area contributed by atoms with E-state index in [0.717, 1.165) is 22.6 Å². The zero-order valence-electron chi connectivity index (χ0n) is 14.7. The van der Waals surface area contributed by atoms with Crippen molar-refractivity contribution in [2.45, 2.75) is 31.7 Å². The highest BCUT2D eigenvalue weighted by Gasteiger charge is 2.37. The molecule has 1 aliphatic carbocycles. The van der Waals surface area contributed by atoms with Gasteiger partial charge in [0.1, 0.15) is 0 Å². The van der Waals surface area contributed by atoms with Crippen LogP contribution in [0.2, 0.25) is 0 Å². The summed E-state index contributed by atoms with van der Waals surface area (Å²) in [5, 5.41) is 16.6. The maximum atomic E-state index is 13.2. The van der Waals surface area contributed by atoms with Gasteiger partial charge in [-0.15, -0.1) is 11.3 Å². The van der Waals surface area contributed by atoms with Gasteiger partial charge in [-0.3, -0.25) is 4.79 Å². The van der Waals surface area contributed by atoms with Gasteiger partial charge in [-0.1, -0.05) is 35.9 Å². The molecule has 0 bridgehead atoms. The molecule has 1 aromatic carbocycles. The van der Waals surface area contributed by atoms with Gasteiger partial charge in [-0.2, -0.15) is 0 Å². The molecule has 2 aromatic heterocycles. The van der Waals surface area contributed by atoms with Crippen LogP contribution in [0, 0.1) is 6.92 Å². The van der Waals surface area contributed by atoms with E-state index < -0.39 is 0 Å². The first-order valence-corrected chi connectivity index (χ1v) is 9.79. The number of hydrogen-bond acceptors (Lipinski definition) is 7. The molecule has 0 radical (unpaired) electrons. The monoisotopic (exact) mass is 378 g/mol. The standard InChI is InChI=1S/C20H18N4O2S/c1-11-4-6-12(7-5-11)13-9-14-17(15(25)10-13)18(16-3-2-8-27-16)22-20-19(21-14)23-26-24-20/h2-8,13,18H,9-10H2,1H3,(H,21,23)(H,22,24). The maximum absolute atomic E-state index is 13.2. The lowest BCUT2D eigenvalue weighted by molar-refractivity contribution is -0.116. The van der Waals surface area contributed by atoms with Gasteiger partial charge < -0.3 is 10.6 Å². The molecule has 3 aromatic rings. The Labute approximate surface area is 160 Å². The van der Waals surface area contributed by atoms with Crippen molar-refractivity contribution < 1.29 is 9.42 Å². The molecule has 2 aliphatic rings. The van der Waals surface area contributed by atoms with Crippen LogP contribution in [0.15, 0.2) is 57.7 Å². The van der Waals surface area contributed by atoms with E-state index in [1.807, 2.05) is 17.5 Å². The summed E-state index contributed by atoms with van der Waals surface area (Å²) >= 11 is 1.62. The molecule has 7 heteroatoms. The number of benzene rings is 1. The minimum Gasteiger partial charge on any atom is -0.352 e. The number of aromatic nitrogens is 2. The minimum atomic E-state index is -0.243. The number of fused-ring (bicyclic) bond motifs is 1. The summed E-state index contributed by atoms with van der Waals surface area (Å²) in [5.74, 6) is 1.36. The van der Waals surface area contributed by atoms with Gasteiger partial charge in [0.2, 0.25) is 11.6 Å². The molecule has 0 saturated heterocycles. The average Bonchev–Trinajstić information content (AvgIpc) is 3.31. The average molecular weight is 378 g/mol. The molecule has 0 spiro atoms. The molecule has 3 heterocycles. The summed E-state index contributed by atoms with van der Waals surface area (Å²) in [6.07, 6.45) is 1.25. The highest BCUT2D eigenvalue weighted by atomic mass is 32.1. The van der Waals surface area contributed by atoms with Crippen molar-refractivity contribution in [3.05, 3.63) is 69.1 Å². The molecule has 0 saturated carbocycles. The Bertz CT molecular complexity index is 1020. The second-order valence-electron chi connectivity index (χ2n) is 7.01. The van der Waals surface area contributed by atoms with Gasteiger partial charge in [0.15, 0.2) is 5.78 Å². The predicted molar refractivity (Wildman–Crippen MR) is 104 cm³/mol. The number of nitrogens with one attached hydrogen (secondary N) is 2. The third-order valence-electron chi connectivity index (χ3n) is 5.21. The van der Waals surface area contributed by atoms with E-state index in [4.69, 9.17) is 4.63 Å². The van der Waals surface area contributed by atoms with Gasteiger partial charge in [0.05, 0.1) is 6.04 Å². The molecule has 27 heavy (non-hydrogen) atoms.